The molecule has 2 unspecified atom stereocenters. The molecule has 0 saturated carbocycles. The van der Waals surface area contributed by atoms with E-state index in [0.717, 1.165) is 41.9 Å². The van der Waals surface area contributed by atoms with Crippen LogP contribution in [0.2, 0.25) is 0 Å². The van der Waals surface area contributed by atoms with E-state index < -0.39 is 0 Å². The minimum atomic E-state index is -0.0258. The normalized spacial score (nSPS) is 23.7. The van der Waals surface area contributed by atoms with Gasteiger partial charge < -0.3 is 15.0 Å². The van der Waals surface area contributed by atoms with Gasteiger partial charge in [-0.3, -0.25) is 14.6 Å². The molecular formula is C18H24N6O. The molecule has 0 radical (unpaired) electrons. The van der Waals surface area contributed by atoms with Gasteiger partial charge in [0.05, 0.1) is 7.11 Å². The number of likely N-dealkylation sites (N-methyl/N-ethyl adjacent to an activating group) is 1. The lowest BCUT2D eigenvalue weighted by molar-refractivity contribution is 0.246. The number of methoxy groups -OCH3 is 1. The summed E-state index contributed by atoms with van der Waals surface area (Å²) in [6, 6.07) is 4.71. The van der Waals surface area contributed by atoms with Crippen molar-refractivity contribution < 1.29 is 4.74 Å². The molecule has 0 spiro atoms. The van der Waals surface area contributed by atoms with Crippen LogP contribution in [0.5, 0.6) is 5.75 Å². The Balaban J connectivity index is 1.70. The first-order valence-corrected chi connectivity index (χ1v) is 8.60. The molecule has 2 aliphatic heterocycles. The SMILES string of the molecule is CNC1CCN(C2N=CC=CN2c2cc(OC)c3nn(C)cc3c2)C1. The summed E-state index contributed by atoms with van der Waals surface area (Å²) in [4.78, 5) is 9.33. The lowest BCUT2D eigenvalue weighted by Crippen LogP contribution is -2.46. The molecule has 4 rings (SSSR count). The van der Waals surface area contributed by atoms with E-state index in [2.05, 4.69) is 32.5 Å². The number of aryl methyl sites for hydroxylation is 1. The molecule has 1 fully saturated rings. The van der Waals surface area contributed by atoms with Crippen molar-refractivity contribution in [1.29, 1.82) is 0 Å². The summed E-state index contributed by atoms with van der Waals surface area (Å²) in [6.07, 6.45) is 9.07. The van der Waals surface area contributed by atoms with Gasteiger partial charge in [0, 0.05) is 61.9 Å². The van der Waals surface area contributed by atoms with Gasteiger partial charge in [-0.1, -0.05) is 0 Å². The third-order valence-electron chi connectivity index (χ3n) is 4.95. The van der Waals surface area contributed by atoms with Crippen molar-refractivity contribution >= 4 is 22.8 Å². The van der Waals surface area contributed by atoms with Gasteiger partial charge in [-0.05, 0) is 25.6 Å². The zero-order chi connectivity index (χ0) is 17.4. The van der Waals surface area contributed by atoms with E-state index in [1.165, 1.54) is 0 Å². The van der Waals surface area contributed by atoms with E-state index in [1.54, 1.807) is 7.11 Å². The summed E-state index contributed by atoms with van der Waals surface area (Å²) in [5.41, 5.74) is 1.94. The first-order chi connectivity index (χ1) is 12.2. The molecule has 132 valence electrons. The van der Waals surface area contributed by atoms with Crippen LogP contribution in [0, 0.1) is 0 Å². The highest BCUT2D eigenvalue weighted by molar-refractivity contribution is 5.89. The van der Waals surface area contributed by atoms with E-state index in [1.807, 2.05) is 43.3 Å². The van der Waals surface area contributed by atoms with Crippen LogP contribution < -0.4 is 15.0 Å². The zero-order valence-corrected chi connectivity index (χ0v) is 14.9. The number of fused-ring (bicyclic) bond motifs is 1. The van der Waals surface area contributed by atoms with Gasteiger partial charge in [-0.25, -0.2) is 0 Å². The Bertz CT molecular complexity index is 826. The molecule has 2 aromatic rings. The quantitative estimate of drug-likeness (QED) is 0.915. The fourth-order valence-electron chi connectivity index (χ4n) is 3.64. The number of anilines is 1. The molecule has 2 aliphatic rings. The standard InChI is InChI=1S/C18H24N6O/c1-19-14-5-8-23(12-14)18-20-6-4-7-24(18)15-9-13-11-22(2)21-17(13)16(10-15)25-3/h4,6-7,9-11,14,18-19H,5,8,12H2,1-3H3. The summed E-state index contributed by atoms with van der Waals surface area (Å²) in [5.74, 6) is 0.782. The van der Waals surface area contributed by atoms with Crippen molar-refractivity contribution in [3.05, 3.63) is 30.6 Å². The van der Waals surface area contributed by atoms with Crippen LogP contribution in [-0.2, 0) is 7.05 Å². The third kappa shape index (κ3) is 2.89. The number of nitrogens with zero attached hydrogens (tertiary/aromatic N) is 5. The Hall–Kier alpha value is -2.38. The van der Waals surface area contributed by atoms with E-state index in [-0.39, 0.29) is 6.29 Å². The first-order valence-electron chi connectivity index (χ1n) is 8.60. The summed E-state index contributed by atoms with van der Waals surface area (Å²) in [7, 11) is 5.64. The number of ether oxygens (including phenoxy) is 1. The maximum absolute atomic E-state index is 5.58. The van der Waals surface area contributed by atoms with Crippen molar-refractivity contribution in [2.24, 2.45) is 12.0 Å². The molecule has 7 nitrogen and oxygen atoms in total. The summed E-state index contributed by atoms with van der Waals surface area (Å²) >= 11 is 0. The largest absolute Gasteiger partial charge is 0.494 e. The second-order valence-electron chi connectivity index (χ2n) is 6.55. The monoisotopic (exact) mass is 340 g/mol. The van der Waals surface area contributed by atoms with Crippen molar-refractivity contribution in [2.75, 3.05) is 32.1 Å². The van der Waals surface area contributed by atoms with Crippen LogP contribution in [0.15, 0.2) is 35.6 Å². The second-order valence-corrected chi connectivity index (χ2v) is 6.55. The molecule has 3 heterocycles. The van der Waals surface area contributed by atoms with Gasteiger partial charge in [0.25, 0.3) is 0 Å². The number of hydrogen-bond donors (Lipinski definition) is 1. The molecule has 1 saturated heterocycles. The molecule has 7 heteroatoms. The van der Waals surface area contributed by atoms with Gasteiger partial charge in [-0.15, -0.1) is 0 Å². The fraction of sp³-hybridized carbons (Fsp3) is 0.444. The Kier molecular flexibility index (Phi) is 4.19. The zero-order valence-electron chi connectivity index (χ0n) is 14.9. The fourth-order valence-corrected chi connectivity index (χ4v) is 3.64. The van der Waals surface area contributed by atoms with Crippen LogP contribution in [0.3, 0.4) is 0 Å². The minimum absolute atomic E-state index is 0.0258. The van der Waals surface area contributed by atoms with Crippen molar-refractivity contribution in [2.45, 2.75) is 18.8 Å². The lowest BCUT2D eigenvalue weighted by atomic mass is 10.2. The molecule has 25 heavy (non-hydrogen) atoms. The number of allylic oxidation sites excluding steroid dienone is 1. The predicted octanol–water partition coefficient (Wildman–Crippen LogP) is 1.56. The number of nitrogens with one attached hydrogen (secondary N) is 1. The molecule has 1 aromatic carbocycles. The Morgan fingerprint density at radius 3 is 2.96 bits per heavy atom. The van der Waals surface area contributed by atoms with Gasteiger partial charge >= 0.3 is 0 Å². The van der Waals surface area contributed by atoms with Crippen LogP contribution in [0.1, 0.15) is 6.42 Å². The molecule has 1 aromatic heterocycles. The number of aliphatic imine (C=N–C) groups is 1. The van der Waals surface area contributed by atoms with Crippen LogP contribution in [0.4, 0.5) is 5.69 Å². The lowest BCUT2D eigenvalue weighted by Gasteiger charge is -2.35. The average Bonchev–Trinajstić information content (AvgIpc) is 3.26. The Morgan fingerprint density at radius 1 is 1.32 bits per heavy atom. The van der Waals surface area contributed by atoms with E-state index in [0.29, 0.717) is 6.04 Å². The number of aromatic nitrogens is 2. The van der Waals surface area contributed by atoms with E-state index in [9.17, 15) is 0 Å². The van der Waals surface area contributed by atoms with Crippen molar-refractivity contribution in [1.82, 2.24) is 20.0 Å². The maximum atomic E-state index is 5.58. The molecule has 1 N–H and O–H groups in total. The molecule has 0 amide bonds. The minimum Gasteiger partial charge on any atom is -0.494 e. The first kappa shape index (κ1) is 16.1. The third-order valence-corrected chi connectivity index (χ3v) is 4.95. The van der Waals surface area contributed by atoms with Crippen molar-refractivity contribution in [3.63, 3.8) is 0 Å². The van der Waals surface area contributed by atoms with Crippen LogP contribution >= 0.6 is 0 Å². The van der Waals surface area contributed by atoms with E-state index >= 15 is 0 Å². The predicted molar refractivity (Wildman–Crippen MR) is 100 cm³/mol. The van der Waals surface area contributed by atoms with E-state index in [4.69, 9.17) is 9.73 Å². The highest BCUT2D eigenvalue weighted by Crippen LogP contribution is 2.33. The van der Waals surface area contributed by atoms with Gasteiger partial charge in [0.2, 0.25) is 0 Å². The van der Waals surface area contributed by atoms with Crippen LogP contribution in [0.25, 0.3) is 10.9 Å². The number of rotatable bonds is 4. The number of likely N-dealkylation sites (tertiary alicyclic amines) is 1. The van der Waals surface area contributed by atoms with Gasteiger partial charge in [-0.2, -0.15) is 5.10 Å². The smallest absolute Gasteiger partial charge is 0.182 e. The number of benzene rings is 1. The van der Waals surface area contributed by atoms with Gasteiger partial charge in [0.15, 0.2) is 6.29 Å². The molecular weight excluding hydrogens is 316 g/mol. The Labute approximate surface area is 147 Å². The maximum Gasteiger partial charge on any atom is 0.182 e. The highest BCUT2D eigenvalue weighted by atomic mass is 16.5. The summed E-state index contributed by atoms with van der Waals surface area (Å²) in [5, 5.41) is 8.93. The summed E-state index contributed by atoms with van der Waals surface area (Å²) < 4.78 is 7.39. The van der Waals surface area contributed by atoms with Gasteiger partial charge in [0.1, 0.15) is 11.3 Å². The topological polar surface area (TPSA) is 57.9 Å². The Morgan fingerprint density at radius 2 is 2.20 bits per heavy atom. The van der Waals surface area contributed by atoms with Crippen molar-refractivity contribution in [3.8, 4) is 5.75 Å². The highest BCUT2D eigenvalue weighted by Gasteiger charge is 2.31. The number of hydrogen-bond acceptors (Lipinski definition) is 6. The second kappa shape index (κ2) is 6.50. The molecule has 2 atom stereocenters. The molecule has 0 aliphatic carbocycles. The summed E-state index contributed by atoms with van der Waals surface area (Å²) in [6.45, 7) is 2.03. The molecule has 0 bridgehead atoms. The van der Waals surface area contributed by atoms with Crippen LogP contribution in [-0.4, -0.2) is 60.5 Å². The average molecular weight is 340 g/mol.